The number of imidazole rings is 2. The van der Waals surface area contributed by atoms with Gasteiger partial charge in [0.15, 0.2) is 11.6 Å². The highest BCUT2D eigenvalue weighted by Gasteiger charge is 2.12. The largest absolute Gasteiger partial charge is 0.266 e. The molecule has 0 radical (unpaired) electrons. The molecule has 5 heterocycles. The maximum Gasteiger partial charge on any atom is 0.266 e. The maximum absolute atomic E-state index is 4.79. The van der Waals surface area contributed by atoms with Gasteiger partial charge in [-0.25, -0.2) is 18.3 Å². The first kappa shape index (κ1) is 16.1. The molecule has 5 rings (SSSR count). The fourth-order valence-corrected chi connectivity index (χ4v) is 2.96. The van der Waals surface area contributed by atoms with Crippen molar-refractivity contribution in [2.24, 2.45) is 0 Å². The Kier molecular flexibility index (Phi) is 3.95. The Balaban J connectivity index is 1.46. The van der Waals surface area contributed by atoms with Crippen molar-refractivity contribution in [2.45, 2.75) is 0 Å². The summed E-state index contributed by atoms with van der Waals surface area (Å²) in [6.07, 6.45) is 15.3. The zero-order chi connectivity index (χ0) is 18.8. The Labute approximate surface area is 161 Å². The van der Waals surface area contributed by atoms with Crippen molar-refractivity contribution in [3.8, 4) is 23.3 Å². The van der Waals surface area contributed by atoms with E-state index >= 15 is 0 Å². The van der Waals surface area contributed by atoms with Crippen LogP contribution in [-0.4, -0.2) is 24.1 Å². The van der Waals surface area contributed by atoms with Gasteiger partial charge in [0.25, 0.3) is 11.6 Å². The fraction of sp³-hybridized carbons (Fsp3) is 0. The zero-order valence-corrected chi connectivity index (χ0v) is 14.9. The van der Waals surface area contributed by atoms with Crippen LogP contribution in [-0.2, 0) is 0 Å². The molecule has 0 amide bonds. The second kappa shape index (κ2) is 6.88. The first-order chi connectivity index (χ1) is 13.9. The van der Waals surface area contributed by atoms with Crippen LogP contribution in [0.15, 0.2) is 104 Å². The molecule has 5 aromatic rings. The lowest BCUT2D eigenvalue weighted by Gasteiger charge is -2.00. The summed E-state index contributed by atoms with van der Waals surface area (Å²) in [4.78, 5) is 13.5. The zero-order valence-electron chi connectivity index (χ0n) is 14.9. The Bertz CT molecular complexity index is 1120. The van der Waals surface area contributed by atoms with Crippen LogP contribution < -0.4 is 9.13 Å². The van der Waals surface area contributed by atoms with E-state index in [1.165, 1.54) is 0 Å². The van der Waals surface area contributed by atoms with E-state index in [-0.39, 0.29) is 0 Å². The van der Waals surface area contributed by atoms with Crippen LogP contribution >= 0.6 is 0 Å². The summed E-state index contributed by atoms with van der Waals surface area (Å²) in [5.74, 6) is 3.37. The molecule has 0 N–H and O–H groups in total. The molecule has 0 saturated carbocycles. The van der Waals surface area contributed by atoms with Crippen molar-refractivity contribution in [1.82, 2.24) is 24.1 Å². The first-order valence-electron chi connectivity index (χ1n) is 8.86. The van der Waals surface area contributed by atoms with E-state index in [0.29, 0.717) is 0 Å². The topological polar surface area (TPSA) is 56.3 Å². The number of aromatic nitrogens is 7. The summed E-state index contributed by atoms with van der Waals surface area (Å²) >= 11 is 0. The van der Waals surface area contributed by atoms with Gasteiger partial charge in [0.05, 0.1) is 0 Å². The first-order valence-corrected chi connectivity index (χ1v) is 8.86. The molecule has 0 unspecified atom stereocenters. The SMILES string of the molecule is c1ccc(-[n+]2ccn(-c3cccc(-n4cc[n+](-c5ccccn5)c4)n3)c2)nc1. The minimum Gasteiger partial charge on any atom is -0.220 e. The third-order valence-electron chi connectivity index (χ3n) is 4.35. The molecule has 0 fully saturated rings. The number of hydrogen-bond donors (Lipinski definition) is 0. The molecule has 134 valence electrons. The second-order valence-electron chi connectivity index (χ2n) is 6.19. The van der Waals surface area contributed by atoms with Gasteiger partial charge < -0.3 is 0 Å². The molecular formula is C21H17N7+2. The summed E-state index contributed by atoms with van der Waals surface area (Å²) in [5, 5.41) is 0. The molecular weight excluding hydrogens is 350 g/mol. The van der Waals surface area contributed by atoms with Crippen molar-refractivity contribution in [3.05, 3.63) is 104 Å². The molecule has 5 aromatic heterocycles. The van der Waals surface area contributed by atoms with E-state index in [1.807, 2.05) is 110 Å². The Morgan fingerprint density at radius 3 is 1.61 bits per heavy atom. The van der Waals surface area contributed by atoms with Crippen LogP contribution in [0.1, 0.15) is 0 Å². The summed E-state index contributed by atoms with van der Waals surface area (Å²) in [6.45, 7) is 0. The number of rotatable bonds is 4. The van der Waals surface area contributed by atoms with E-state index in [4.69, 9.17) is 4.98 Å². The van der Waals surface area contributed by atoms with Gasteiger partial charge >= 0.3 is 0 Å². The monoisotopic (exact) mass is 367 g/mol. The van der Waals surface area contributed by atoms with Crippen molar-refractivity contribution in [1.29, 1.82) is 0 Å². The van der Waals surface area contributed by atoms with Crippen LogP contribution in [0.5, 0.6) is 0 Å². The summed E-state index contributed by atoms with van der Waals surface area (Å²) in [6, 6.07) is 17.6. The Morgan fingerprint density at radius 1 is 0.607 bits per heavy atom. The van der Waals surface area contributed by atoms with Gasteiger partial charge in [-0.2, -0.15) is 4.98 Å². The lowest BCUT2D eigenvalue weighted by Crippen LogP contribution is -2.29. The highest BCUT2D eigenvalue weighted by molar-refractivity contribution is 5.31. The van der Waals surface area contributed by atoms with Crippen molar-refractivity contribution >= 4 is 0 Å². The van der Waals surface area contributed by atoms with Crippen LogP contribution in [0.2, 0.25) is 0 Å². The molecule has 0 aromatic carbocycles. The second-order valence-corrected chi connectivity index (χ2v) is 6.19. The lowest BCUT2D eigenvalue weighted by atomic mass is 10.4. The van der Waals surface area contributed by atoms with Crippen LogP contribution in [0.4, 0.5) is 0 Å². The van der Waals surface area contributed by atoms with Crippen molar-refractivity contribution < 1.29 is 9.13 Å². The smallest absolute Gasteiger partial charge is 0.220 e. The lowest BCUT2D eigenvalue weighted by molar-refractivity contribution is -0.598. The molecule has 0 atom stereocenters. The molecule has 0 aliphatic rings. The van der Waals surface area contributed by atoms with E-state index in [1.54, 1.807) is 12.4 Å². The highest BCUT2D eigenvalue weighted by Crippen LogP contribution is 2.09. The normalized spacial score (nSPS) is 10.9. The molecule has 0 spiro atoms. The van der Waals surface area contributed by atoms with E-state index in [9.17, 15) is 0 Å². The average Bonchev–Trinajstić information content (AvgIpc) is 3.46. The molecule has 0 aliphatic heterocycles. The summed E-state index contributed by atoms with van der Waals surface area (Å²) in [5.41, 5.74) is 0. The maximum atomic E-state index is 4.79. The van der Waals surface area contributed by atoms with Gasteiger partial charge in [-0.15, -0.1) is 9.97 Å². The number of hydrogen-bond acceptors (Lipinski definition) is 3. The van der Waals surface area contributed by atoms with E-state index in [2.05, 4.69) is 9.97 Å². The molecule has 0 saturated heterocycles. The quantitative estimate of drug-likeness (QED) is 0.457. The molecule has 0 bridgehead atoms. The molecule has 28 heavy (non-hydrogen) atoms. The number of nitrogens with zero attached hydrogens (tertiary/aromatic N) is 7. The Hall–Kier alpha value is -4.13. The van der Waals surface area contributed by atoms with Crippen molar-refractivity contribution in [2.75, 3.05) is 0 Å². The summed E-state index contributed by atoms with van der Waals surface area (Å²) < 4.78 is 7.85. The van der Waals surface area contributed by atoms with Gasteiger partial charge in [-0.3, -0.25) is 0 Å². The van der Waals surface area contributed by atoms with E-state index < -0.39 is 0 Å². The van der Waals surface area contributed by atoms with Gasteiger partial charge in [0.2, 0.25) is 12.7 Å². The van der Waals surface area contributed by atoms with Gasteiger partial charge in [-0.1, -0.05) is 18.2 Å². The highest BCUT2D eigenvalue weighted by atomic mass is 15.2. The van der Waals surface area contributed by atoms with Gasteiger partial charge in [-0.05, 0) is 24.3 Å². The van der Waals surface area contributed by atoms with E-state index in [0.717, 1.165) is 23.3 Å². The predicted octanol–water partition coefficient (Wildman–Crippen LogP) is 2.01. The van der Waals surface area contributed by atoms with Crippen molar-refractivity contribution in [3.63, 3.8) is 0 Å². The van der Waals surface area contributed by atoms with Gasteiger partial charge in [0.1, 0.15) is 37.2 Å². The minimum absolute atomic E-state index is 0.824. The third-order valence-corrected chi connectivity index (χ3v) is 4.35. The minimum atomic E-state index is 0.824. The number of pyridine rings is 3. The Morgan fingerprint density at radius 2 is 1.14 bits per heavy atom. The molecule has 7 heteroatoms. The van der Waals surface area contributed by atoms with Crippen LogP contribution in [0.3, 0.4) is 0 Å². The fourth-order valence-electron chi connectivity index (χ4n) is 2.96. The molecule has 7 nitrogen and oxygen atoms in total. The van der Waals surface area contributed by atoms with Crippen LogP contribution in [0.25, 0.3) is 23.3 Å². The van der Waals surface area contributed by atoms with Gasteiger partial charge in [0, 0.05) is 12.1 Å². The predicted molar refractivity (Wildman–Crippen MR) is 102 cm³/mol. The summed E-state index contributed by atoms with van der Waals surface area (Å²) in [7, 11) is 0. The average molecular weight is 367 g/mol. The van der Waals surface area contributed by atoms with Crippen LogP contribution in [0, 0.1) is 0 Å². The molecule has 0 aliphatic carbocycles. The third kappa shape index (κ3) is 3.05. The standard InChI is InChI=1S/C21H17N7/c1-3-10-22-18(6-1)25-12-14-27(16-25)20-8-5-9-21(24-20)28-15-13-26(17-28)19-7-2-4-11-23-19/h1-17H/q+2.